The van der Waals surface area contributed by atoms with Crippen LogP contribution in [-0.2, 0) is 0 Å². The highest BCUT2D eigenvalue weighted by atomic mass is 79.9. The van der Waals surface area contributed by atoms with Gasteiger partial charge in [-0.05, 0) is 60.8 Å². The van der Waals surface area contributed by atoms with E-state index in [1.165, 1.54) is 12.8 Å². The molecule has 1 aromatic carbocycles. The molecule has 0 radical (unpaired) electrons. The van der Waals surface area contributed by atoms with Gasteiger partial charge < -0.3 is 15.0 Å². The number of nitrogens with zero attached hydrogens (tertiary/aromatic N) is 3. The van der Waals surface area contributed by atoms with Crippen LogP contribution in [0.5, 0.6) is 5.75 Å². The van der Waals surface area contributed by atoms with Gasteiger partial charge in [0, 0.05) is 17.6 Å². The van der Waals surface area contributed by atoms with Crippen molar-refractivity contribution in [2.45, 2.75) is 26.7 Å². The molecule has 1 aliphatic rings. The van der Waals surface area contributed by atoms with Crippen molar-refractivity contribution in [1.29, 1.82) is 0 Å². The molecule has 3 rings (SSSR count). The van der Waals surface area contributed by atoms with Gasteiger partial charge in [0.15, 0.2) is 0 Å². The number of anilines is 2. The molecular weight excluding hydrogens is 384 g/mol. The summed E-state index contributed by atoms with van der Waals surface area (Å²) in [6.45, 7) is 5.76. The summed E-state index contributed by atoms with van der Waals surface area (Å²) in [7, 11) is 1.57. The molecule has 1 fully saturated rings. The largest absolute Gasteiger partial charge is 0.497 e. The maximum absolute atomic E-state index is 12.7. The number of benzene rings is 1. The Bertz CT molecular complexity index is 781. The molecule has 6 nitrogen and oxygen atoms in total. The molecule has 0 spiro atoms. The Hall–Kier alpha value is -2.15. The van der Waals surface area contributed by atoms with E-state index in [9.17, 15) is 4.79 Å². The number of ether oxygens (including phenoxy) is 1. The highest BCUT2D eigenvalue weighted by Gasteiger charge is 2.19. The van der Waals surface area contributed by atoms with E-state index >= 15 is 0 Å². The van der Waals surface area contributed by atoms with E-state index in [1.807, 2.05) is 13.8 Å². The number of hydrogen-bond donors (Lipinski definition) is 1. The van der Waals surface area contributed by atoms with Crippen molar-refractivity contribution >= 4 is 33.5 Å². The lowest BCUT2D eigenvalue weighted by molar-refractivity contribution is 0.102. The van der Waals surface area contributed by atoms with Crippen LogP contribution in [0.25, 0.3) is 0 Å². The summed E-state index contributed by atoms with van der Waals surface area (Å²) in [5.74, 6) is 1.14. The van der Waals surface area contributed by atoms with Crippen molar-refractivity contribution < 1.29 is 9.53 Å². The van der Waals surface area contributed by atoms with Gasteiger partial charge in [0.25, 0.3) is 5.91 Å². The molecule has 25 heavy (non-hydrogen) atoms. The molecule has 1 aliphatic heterocycles. The molecule has 132 valence electrons. The molecule has 0 saturated carbocycles. The molecule has 1 aromatic heterocycles. The lowest BCUT2D eigenvalue weighted by atomic mass is 10.2. The SMILES string of the molecule is COc1ccc(Br)c(C(=O)Nc2c(C)nc(N3CCCC3)nc2C)c1. The molecular formula is C18H21BrN4O2. The van der Waals surface area contributed by atoms with Gasteiger partial charge in [0.05, 0.1) is 29.7 Å². The molecule has 2 heterocycles. The van der Waals surface area contributed by atoms with Gasteiger partial charge in [-0.3, -0.25) is 4.79 Å². The van der Waals surface area contributed by atoms with Crippen LogP contribution in [-0.4, -0.2) is 36.1 Å². The number of amides is 1. The van der Waals surface area contributed by atoms with Gasteiger partial charge in [-0.25, -0.2) is 9.97 Å². The van der Waals surface area contributed by atoms with Crippen molar-refractivity contribution in [1.82, 2.24) is 9.97 Å². The third-order valence-electron chi connectivity index (χ3n) is 4.30. The van der Waals surface area contributed by atoms with Crippen molar-refractivity contribution in [2.75, 3.05) is 30.4 Å². The predicted octanol–water partition coefficient (Wildman–Crippen LogP) is 3.72. The fourth-order valence-electron chi connectivity index (χ4n) is 2.92. The second kappa shape index (κ2) is 7.39. The first-order valence-electron chi connectivity index (χ1n) is 8.24. The first-order valence-corrected chi connectivity index (χ1v) is 9.04. The lowest BCUT2D eigenvalue weighted by Gasteiger charge is -2.18. The molecule has 0 unspecified atom stereocenters. The first-order chi connectivity index (χ1) is 12.0. The monoisotopic (exact) mass is 404 g/mol. The second-order valence-electron chi connectivity index (χ2n) is 6.06. The Morgan fingerprint density at radius 1 is 1.20 bits per heavy atom. The van der Waals surface area contributed by atoms with Crippen molar-refractivity contribution in [2.24, 2.45) is 0 Å². The smallest absolute Gasteiger partial charge is 0.257 e. The minimum Gasteiger partial charge on any atom is -0.497 e. The van der Waals surface area contributed by atoms with Gasteiger partial charge >= 0.3 is 0 Å². The Morgan fingerprint density at radius 2 is 1.84 bits per heavy atom. The second-order valence-corrected chi connectivity index (χ2v) is 6.92. The molecule has 0 bridgehead atoms. The number of hydrogen-bond acceptors (Lipinski definition) is 5. The number of carbonyl (C=O) groups excluding carboxylic acids is 1. The van der Waals surface area contributed by atoms with Crippen LogP contribution >= 0.6 is 15.9 Å². The predicted molar refractivity (Wildman–Crippen MR) is 102 cm³/mol. The molecule has 0 aliphatic carbocycles. The number of aromatic nitrogens is 2. The maximum Gasteiger partial charge on any atom is 0.257 e. The summed E-state index contributed by atoms with van der Waals surface area (Å²) < 4.78 is 5.90. The third kappa shape index (κ3) is 3.76. The number of carbonyl (C=O) groups is 1. The summed E-state index contributed by atoms with van der Waals surface area (Å²) in [6.07, 6.45) is 2.34. The summed E-state index contributed by atoms with van der Waals surface area (Å²) in [5, 5.41) is 2.94. The van der Waals surface area contributed by atoms with Crippen molar-refractivity contribution in [3.05, 3.63) is 39.6 Å². The van der Waals surface area contributed by atoms with Gasteiger partial charge in [-0.1, -0.05) is 0 Å². The van der Waals surface area contributed by atoms with Crippen LogP contribution in [0.4, 0.5) is 11.6 Å². The Morgan fingerprint density at radius 3 is 2.44 bits per heavy atom. The molecule has 1 amide bonds. The van der Waals surface area contributed by atoms with E-state index < -0.39 is 0 Å². The molecule has 7 heteroatoms. The Labute approximate surface area is 155 Å². The van der Waals surface area contributed by atoms with Gasteiger partial charge in [0.2, 0.25) is 5.95 Å². The van der Waals surface area contributed by atoms with Crippen LogP contribution in [0.15, 0.2) is 22.7 Å². The van der Waals surface area contributed by atoms with E-state index in [-0.39, 0.29) is 5.91 Å². The topological polar surface area (TPSA) is 67.3 Å². The Kier molecular flexibility index (Phi) is 5.22. The van der Waals surface area contributed by atoms with E-state index in [4.69, 9.17) is 4.74 Å². The average molecular weight is 405 g/mol. The number of nitrogens with one attached hydrogen (secondary N) is 1. The number of aryl methyl sites for hydroxylation is 2. The maximum atomic E-state index is 12.7. The fraction of sp³-hybridized carbons (Fsp3) is 0.389. The number of methoxy groups -OCH3 is 1. The molecule has 2 aromatic rings. The van der Waals surface area contributed by atoms with Crippen molar-refractivity contribution in [3.8, 4) is 5.75 Å². The van der Waals surface area contributed by atoms with Gasteiger partial charge in [0.1, 0.15) is 5.75 Å². The van der Waals surface area contributed by atoms with Crippen LogP contribution in [0, 0.1) is 13.8 Å². The van der Waals surface area contributed by atoms with Crippen molar-refractivity contribution in [3.63, 3.8) is 0 Å². The fourth-order valence-corrected chi connectivity index (χ4v) is 3.35. The zero-order valence-electron chi connectivity index (χ0n) is 14.6. The number of halogens is 1. The standard InChI is InChI=1S/C18H21BrN4O2/c1-11-16(12(2)21-18(20-11)23-8-4-5-9-23)22-17(24)14-10-13(25-3)6-7-15(14)19/h6-7,10H,4-5,8-9H2,1-3H3,(H,22,24). The zero-order valence-corrected chi connectivity index (χ0v) is 16.2. The summed E-state index contributed by atoms with van der Waals surface area (Å²) in [5.41, 5.74) is 2.69. The van der Waals surface area contributed by atoms with Gasteiger partial charge in [-0.15, -0.1) is 0 Å². The summed E-state index contributed by atoms with van der Waals surface area (Å²) in [4.78, 5) is 24.0. The quantitative estimate of drug-likeness (QED) is 0.840. The highest BCUT2D eigenvalue weighted by molar-refractivity contribution is 9.10. The van der Waals surface area contributed by atoms with Crippen LogP contribution in [0.1, 0.15) is 34.6 Å². The summed E-state index contributed by atoms with van der Waals surface area (Å²) >= 11 is 3.41. The van der Waals surface area contributed by atoms with E-state index in [1.54, 1.807) is 25.3 Å². The zero-order chi connectivity index (χ0) is 18.0. The van der Waals surface area contributed by atoms with E-state index in [0.29, 0.717) is 21.5 Å². The number of rotatable bonds is 4. The van der Waals surface area contributed by atoms with E-state index in [2.05, 4.69) is 36.1 Å². The normalized spacial score (nSPS) is 13.8. The first kappa shape index (κ1) is 17.7. The summed E-state index contributed by atoms with van der Waals surface area (Å²) in [6, 6.07) is 5.29. The Balaban J connectivity index is 1.86. The minimum absolute atomic E-state index is 0.227. The molecule has 1 saturated heterocycles. The van der Waals surface area contributed by atoms with Crippen LogP contribution in [0.2, 0.25) is 0 Å². The highest BCUT2D eigenvalue weighted by Crippen LogP contribution is 2.26. The molecule has 1 N–H and O–H groups in total. The minimum atomic E-state index is -0.227. The third-order valence-corrected chi connectivity index (χ3v) is 5.00. The average Bonchev–Trinajstić information content (AvgIpc) is 3.13. The molecule has 0 atom stereocenters. The van der Waals surface area contributed by atoms with E-state index in [0.717, 1.165) is 30.4 Å². The van der Waals surface area contributed by atoms with Crippen LogP contribution in [0.3, 0.4) is 0 Å². The van der Waals surface area contributed by atoms with Gasteiger partial charge in [-0.2, -0.15) is 0 Å². The van der Waals surface area contributed by atoms with Crippen LogP contribution < -0.4 is 15.0 Å². The lowest BCUT2D eigenvalue weighted by Crippen LogP contribution is -2.22.